The molecule has 0 spiro atoms. The van der Waals surface area contributed by atoms with Crippen molar-refractivity contribution in [3.8, 4) is 0 Å². The zero-order chi connectivity index (χ0) is 13.8. The second kappa shape index (κ2) is 5.77. The van der Waals surface area contributed by atoms with Gasteiger partial charge in [0, 0.05) is 18.7 Å². The van der Waals surface area contributed by atoms with E-state index in [0.29, 0.717) is 29.4 Å². The van der Waals surface area contributed by atoms with Crippen LogP contribution in [0.3, 0.4) is 0 Å². The SMILES string of the molecule is O=C(NCCCO)c1ccc2c(=O)[nH]c(=S)[nH]c2c1. The average molecular weight is 279 g/mol. The van der Waals surface area contributed by atoms with Gasteiger partial charge < -0.3 is 15.4 Å². The number of fused-ring (bicyclic) bond motifs is 1. The van der Waals surface area contributed by atoms with Gasteiger partial charge in [-0.25, -0.2) is 0 Å². The normalized spacial score (nSPS) is 10.6. The zero-order valence-corrected chi connectivity index (χ0v) is 10.8. The largest absolute Gasteiger partial charge is 0.396 e. The van der Waals surface area contributed by atoms with Crippen LogP contribution in [0, 0.1) is 4.77 Å². The van der Waals surface area contributed by atoms with Crippen LogP contribution in [0.1, 0.15) is 16.8 Å². The Morgan fingerprint density at radius 3 is 2.89 bits per heavy atom. The number of H-pyrrole nitrogens is 2. The maximum absolute atomic E-state index is 11.8. The Morgan fingerprint density at radius 1 is 1.37 bits per heavy atom. The van der Waals surface area contributed by atoms with Gasteiger partial charge in [-0.05, 0) is 36.8 Å². The number of carbonyl (C=O) groups excluding carboxylic acids is 1. The van der Waals surface area contributed by atoms with E-state index in [2.05, 4.69) is 15.3 Å². The number of hydrogen-bond acceptors (Lipinski definition) is 4. The third-order valence-electron chi connectivity index (χ3n) is 2.62. The van der Waals surface area contributed by atoms with Gasteiger partial charge in [-0.3, -0.25) is 14.6 Å². The van der Waals surface area contributed by atoms with E-state index >= 15 is 0 Å². The number of amides is 1. The van der Waals surface area contributed by atoms with E-state index < -0.39 is 0 Å². The first-order valence-electron chi connectivity index (χ1n) is 5.77. The molecule has 0 aliphatic heterocycles. The van der Waals surface area contributed by atoms with Crippen LogP contribution in [0.2, 0.25) is 0 Å². The highest BCUT2D eigenvalue weighted by Gasteiger charge is 2.07. The number of aromatic nitrogens is 2. The summed E-state index contributed by atoms with van der Waals surface area (Å²) in [5.41, 5.74) is 0.663. The summed E-state index contributed by atoms with van der Waals surface area (Å²) in [5.74, 6) is -0.255. The molecule has 100 valence electrons. The van der Waals surface area contributed by atoms with Crippen molar-refractivity contribution in [2.45, 2.75) is 6.42 Å². The van der Waals surface area contributed by atoms with Gasteiger partial charge in [0.1, 0.15) is 0 Å². The summed E-state index contributed by atoms with van der Waals surface area (Å²) in [7, 11) is 0. The molecule has 1 aromatic carbocycles. The number of rotatable bonds is 4. The van der Waals surface area contributed by atoms with E-state index in [4.69, 9.17) is 17.3 Å². The van der Waals surface area contributed by atoms with E-state index in [9.17, 15) is 9.59 Å². The minimum absolute atomic E-state index is 0.0282. The van der Waals surface area contributed by atoms with Gasteiger partial charge in [0.05, 0.1) is 10.9 Å². The minimum atomic E-state index is -0.286. The Kier molecular flexibility index (Phi) is 4.08. The monoisotopic (exact) mass is 279 g/mol. The molecule has 7 heteroatoms. The fourth-order valence-corrected chi connectivity index (χ4v) is 1.90. The predicted octanol–water partition coefficient (Wildman–Crippen LogP) is 0.698. The summed E-state index contributed by atoms with van der Waals surface area (Å²) in [6.07, 6.45) is 0.501. The number of hydrogen-bond donors (Lipinski definition) is 4. The fraction of sp³-hybridized carbons (Fsp3) is 0.250. The zero-order valence-electron chi connectivity index (χ0n) is 10.0. The molecule has 1 aromatic heterocycles. The first kappa shape index (κ1) is 13.4. The molecular formula is C12H13N3O3S. The van der Waals surface area contributed by atoms with Crippen molar-refractivity contribution in [1.29, 1.82) is 0 Å². The number of carbonyl (C=O) groups is 1. The van der Waals surface area contributed by atoms with Crippen LogP contribution >= 0.6 is 12.2 Å². The number of aliphatic hydroxyl groups is 1. The van der Waals surface area contributed by atoms with E-state index in [1.807, 2.05) is 0 Å². The van der Waals surface area contributed by atoms with Crippen LogP contribution in [-0.2, 0) is 0 Å². The van der Waals surface area contributed by atoms with E-state index in [1.165, 1.54) is 0 Å². The van der Waals surface area contributed by atoms with Gasteiger partial charge in [-0.1, -0.05) is 0 Å². The second-order valence-corrected chi connectivity index (χ2v) is 4.41. The molecule has 19 heavy (non-hydrogen) atoms. The molecule has 1 heterocycles. The Labute approximate surface area is 113 Å². The molecule has 0 aliphatic rings. The molecule has 0 aliphatic carbocycles. The number of aromatic amines is 2. The second-order valence-electron chi connectivity index (χ2n) is 4.00. The average Bonchev–Trinajstić information content (AvgIpc) is 2.38. The first-order chi connectivity index (χ1) is 9.11. The molecule has 4 N–H and O–H groups in total. The maximum Gasteiger partial charge on any atom is 0.259 e. The van der Waals surface area contributed by atoms with Gasteiger partial charge in [-0.15, -0.1) is 0 Å². The summed E-state index contributed by atoms with van der Waals surface area (Å²) < 4.78 is 0.218. The van der Waals surface area contributed by atoms with Crippen LogP contribution in [0.25, 0.3) is 10.9 Å². The van der Waals surface area contributed by atoms with Crippen LogP contribution in [0.4, 0.5) is 0 Å². The van der Waals surface area contributed by atoms with Crippen molar-refractivity contribution in [2.24, 2.45) is 0 Å². The molecule has 0 bridgehead atoms. The quantitative estimate of drug-likeness (QED) is 0.489. The highest BCUT2D eigenvalue weighted by atomic mass is 32.1. The highest BCUT2D eigenvalue weighted by Crippen LogP contribution is 2.09. The van der Waals surface area contributed by atoms with E-state index in [0.717, 1.165) is 0 Å². The molecule has 0 saturated heterocycles. The minimum Gasteiger partial charge on any atom is -0.396 e. The Balaban J connectivity index is 2.33. The molecule has 0 unspecified atom stereocenters. The van der Waals surface area contributed by atoms with Gasteiger partial charge >= 0.3 is 0 Å². The Morgan fingerprint density at radius 2 is 2.16 bits per heavy atom. The highest BCUT2D eigenvalue weighted by molar-refractivity contribution is 7.71. The summed E-state index contributed by atoms with van der Waals surface area (Å²) in [6.45, 7) is 0.430. The van der Waals surface area contributed by atoms with Gasteiger partial charge in [-0.2, -0.15) is 0 Å². The molecular weight excluding hydrogens is 266 g/mol. The fourth-order valence-electron chi connectivity index (χ4n) is 1.69. The predicted molar refractivity (Wildman–Crippen MR) is 73.8 cm³/mol. The van der Waals surface area contributed by atoms with E-state index in [1.54, 1.807) is 18.2 Å². The molecule has 1 amide bonds. The van der Waals surface area contributed by atoms with Crippen molar-refractivity contribution in [2.75, 3.05) is 13.2 Å². The van der Waals surface area contributed by atoms with Crippen LogP contribution < -0.4 is 10.9 Å². The summed E-state index contributed by atoms with van der Waals surface area (Å²) in [4.78, 5) is 28.7. The van der Waals surface area contributed by atoms with Crippen molar-refractivity contribution >= 4 is 29.0 Å². The molecule has 2 rings (SSSR count). The summed E-state index contributed by atoms with van der Waals surface area (Å²) in [5, 5.41) is 11.8. The Hall–Kier alpha value is -1.99. The number of aliphatic hydroxyl groups excluding tert-OH is 1. The van der Waals surface area contributed by atoms with Crippen LogP contribution in [0.5, 0.6) is 0 Å². The van der Waals surface area contributed by atoms with Crippen molar-refractivity contribution in [3.05, 3.63) is 38.9 Å². The van der Waals surface area contributed by atoms with Crippen LogP contribution in [-0.4, -0.2) is 34.1 Å². The lowest BCUT2D eigenvalue weighted by molar-refractivity contribution is 0.0951. The first-order valence-corrected chi connectivity index (χ1v) is 6.18. The van der Waals surface area contributed by atoms with Gasteiger partial charge in [0.2, 0.25) is 0 Å². The topological polar surface area (TPSA) is 98.0 Å². The smallest absolute Gasteiger partial charge is 0.259 e. The maximum atomic E-state index is 11.8. The molecule has 0 atom stereocenters. The third kappa shape index (κ3) is 3.07. The molecule has 2 aromatic rings. The van der Waals surface area contributed by atoms with Crippen molar-refractivity contribution < 1.29 is 9.90 Å². The van der Waals surface area contributed by atoms with Crippen LogP contribution in [0.15, 0.2) is 23.0 Å². The lowest BCUT2D eigenvalue weighted by Crippen LogP contribution is -2.25. The Bertz CT molecular complexity index is 720. The summed E-state index contributed by atoms with van der Waals surface area (Å²) >= 11 is 4.88. The van der Waals surface area contributed by atoms with Crippen molar-refractivity contribution in [3.63, 3.8) is 0 Å². The van der Waals surface area contributed by atoms with Crippen molar-refractivity contribution in [1.82, 2.24) is 15.3 Å². The van der Waals surface area contributed by atoms with Gasteiger partial charge in [0.15, 0.2) is 4.77 Å². The number of nitrogens with one attached hydrogen (secondary N) is 3. The lowest BCUT2D eigenvalue weighted by Gasteiger charge is -2.05. The molecule has 0 saturated carbocycles. The lowest BCUT2D eigenvalue weighted by atomic mass is 10.1. The molecule has 0 radical (unpaired) electrons. The van der Waals surface area contributed by atoms with Gasteiger partial charge in [0.25, 0.3) is 11.5 Å². The third-order valence-corrected chi connectivity index (χ3v) is 2.83. The van der Waals surface area contributed by atoms with E-state index in [-0.39, 0.29) is 22.8 Å². The molecule has 0 fully saturated rings. The summed E-state index contributed by atoms with van der Waals surface area (Å²) in [6, 6.07) is 4.72. The molecule has 6 nitrogen and oxygen atoms in total. The standard InChI is InChI=1S/C12H13N3O3S/c16-5-1-4-13-10(17)7-2-3-8-9(6-7)14-12(19)15-11(8)18/h2-3,6,16H,1,4-5H2,(H,13,17)(H2,14,15,18,19). The number of benzene rings is 1.